The third-order valence-corrected chi connectivity index (χ3v) is 1.66. The van der Waals surface area contributed by atoms with Gasteiger partial charge >= 0.3 is 6.03 Å². The van der Waals surface area contributed by atoms with E-state index in [-0.39, 0.29) is 6.03 Å². The molecule has 0 aliphatic rings. The first kappa shape index (κ1) is 12.2. The lowest BCUT2D eigenvalue weighted by molar-refractivity contribution is 0.196. The topological polar surface area (TPSA) is 50.4 Å². The Morgan fingerprint density at radius 2 is 1.92 bits per heavy atom. The van der Waals surface area contributed by atoms with E-state index in [9.17, 15) is 4.79 Å². The van der Waals surface area contributed by atoms with Crippen molar-refractivity contribution in [1.82, 2.24) is 10.6 Å². The van der Waals surface area contributed by atoms with Gasteiger partial charge in [0.25, 0.3) is 0 Å². The first-order valence-corrected chi connectivity index (χ1v) is 4.82. The molecule has 0 rings (SSSR count). The third kappa shape index (κ3) is 9.14. The smallest absolute Gasteiger partial charge is 0.314 e. The molecule has 4 nitrogen and oxygen atoms in total. The van der Waals surface area contributed by atoms with Crippen molar-refractivity contribution in [2.75, 3.05) is 26.8 Å². The molecule has 0 aromatic heterocycles. The van der Waals surface area contributed by atoms with E-state index in [1.165, 1.54) is 12.8 Å². The van der Waals surface area contributed by atoms with Gasteiger partial charge in [0, 0.05) is 20.2 Å². The van der Waals surface area contributed by atoms with Crippen LogP contribution in [0.2, 0.25) is 0 Å². The van der Waals surface area contributed by atoms with Crippen molar-refractivity contribution in [3.63, 3.8) is 0 Å². The summed E-state index contributed by atoms with van der Waals surface area (Å²) in [6.45, 7) is 4.02. The average Bonchev–Trinajstić information content (AvgIpc) is 2.13. The molecule has 0 bridgehead atoms. The number of amides is 2. The van der Waals surface area contributed by atoms with Gasteiger partial charge in [0.05, 0.1) is 6.61 Å². The molecule has 0 saturated heterocycles. The zero-order chi connectivity index (χ0) is 9.94. The van der Waals surface area contributed by atoms with Crippen molar-refractivity contribution in [1.29, 1.82) is 0 Å². The second kappa shape index (κ2) is 9.32. The standard InChI is InChI=1S/C9H20N2O2/c1-3-4-5-6-10-9(12)11-7-8-13-2/h3-8H2,1-2H3,(H2,10,11,12). The second-order valence-electron chi connectivity index (χ2n) is 2.88. The summed E-state index contributed by atoms with van der Waals surface area (Å²) in [6.07, 6.45) is 3.39. The lowest BCUT2D eigenvalue weighted by Gasteiger charge is -2.06. The zero-order valence-corrected chi connectivity index (χ0v) is 8.56. The fraction of sp³-hybridized carbons (Fsp3) is 0.889. The van der Waals surface area contributed by atoms with Gasteiger partial charge in [-0.25, -0.2) is 4.79 Å². The first-order chi connectivity index (χ1) is 6.31. The van der Waals surface area contributed by atoms with Crippen LogP contribution in [0.3, 0.4) is 0 Å². The Balaban J connectivity index is 3.11. The predicted octanol–water partition coefficient (Wildman–Crippen LogP) is 1.12. The first-order valence-electron chi connectivity index (χ1n) is 4.82. The van der Waals surface area contributed by atoms with Crippen LogP contribution in [0.1, 0.15) is 26.2 Å². The number of rotatable bonds is 7. The largest absolute Gasteiger partial charge is 0.383 e. The molecule has 2 N–H and O–H groups in total. The molecule has 0 atom stereocenters. The van der Waals surface area contributed by atoms with Crippen molar-refractivity contribution in [3.8, 4) is 0 Å². The van der Waals surface area contributed by atoms with Crippen LogP contribution in [0.5, 0.6) is 0 Å². The molecule has 2 amide bonds. The van der Waals surface area contributed by atoms with E-state index in [1.807, 2.05) is 0 Å². The van der Waals surface area contributed by atoms with E-state index in [0.717, 1.165) is 13.0 Å². The van der Waals surface area contributed by atoms with Crippen molar-refractivity contribution in [2.24, 2.45) is 0 Å². The number of unbranched alkanes of at least 4 members (excludes halogenated alkanes) is 2. The number of carbonyl (C=O) groups excluding carboxylic acids is 1. The molecule has 0 aromatic rings. The number of urea groups is 1. The number of hydrogen-bond donors (Lipinski definition) is 2. The molecule has 0 aromatic carbocycles. The monoisotopic (exact) mass is 188 g/mol. The number of carbonyl (C=O) groups is 1. The lowest BCUT2D eigenvalue weighted by atomic mass is 10.2. The van der Waals surface area contributed by atoms with E-state index in [2.05, 4.69) is 17.6 Å². The molecule has 13 heavy (non-hydrogen) atoms. The summed E-state index contributed by atoms with van der Waals surface area (Å²) >= 11 is 0. The Labute approximate surface area is 80.0 Å². The van der Waals surface area contributed by atoms with Crippen molar-refractivity contribution in [2.45, 2.75) is 26.2 Å². The van der Waals surface area contributed by atoms with Crippen LogP contribution >= 0.6 is 0 Å². The van der Waals surface area contributed by atoms with E-state index in [0.29, 0.717) is 13.2 Å². The fourth-order valence-electron chi connectivity index (χ4n) is 0.906. The molecule has 0 radical (unpaired) electrons. The zero-order valence-electron chi connectivity index (χ0n) is 8.56. The Kier molecular flexibility index (Phi) is 8.77. The normalized spacial score (nSPS) is 9.69. The summed E-state index contributed by atoms with van der Waals surface area (Å²) in [5, 5.41) is 5.46. The molecule has 78 valence electrons. The van der Waals surface area contributed by atoms with Crippen molar-refractivity contribution >= 4 is 6.03 Å². The van der Waals surface area contributed by atoms with Gasteiger partial charge in [-0.3, -0.25) is 0 Å². The number of ether oxygens (including phenoxy) is 1. The number of nitrogens with one attached hydrogen (secondary N) is 2. The number of methoxy groups -OCH3 is 1. The van der Waals surface area contributed by atoms with E-state index in [1.54, 1.807) is 7.11 Å². The van der Waals surface area contributed by atoms with Gasteiger partial charge in [0.15, 0.2) is 0 Å². The van der Waals surface area contributed by atoms with Gasteiger partial charge in [-0.05, 0) is 6.42 Å². The highest BCUT2D eigenvalue weighted by Gasteiger charge is 1.96. The summed E-state index contributed by atoms with van der Waals surface area (Å²) in [7, 11) is 1.61. The summed E-state index contributed by atoms with van der Waals surface area (Å²) in [5.41, 5.74) is 0. The lowest BCUT2D eigenvalue weighted by Crippen LogP contribution is -2.37. The van der Waals surface area contributed by atoms with Crippen LogP contribution in [-0.4, -0.2) is 32.8 Å². The Morgan fingerprint density at radius 3 is 2.54 bits per heavy atom. The highest BCUT2D eigenvalue weighted by molar-refractivity contribution is 5.73. The van der Waals surface area contributed by atoms with Gasteiger partial charge in [-0.1, -0.05) is 19.8 Å². The maximum absolute atomic E-state index is 11.0. The van der Waals surface area contributed by atoms with Gasteiger partial charge in [-0.2, -0.15) is 0 Å². The van der Waals surface area contributed by atoms with Gasteiger partial charge < -0.3 is 15.4 Å². The summed E-state index contributed by atoms with van der Waals surface area (Å²) in [5.74, 6) is 0. The molecule has 0 heterocycles. The molecule has 0 saturated carbocycles. The van der Waals surface area contributed by atoms with Crippen LogP contribution in [0.15, 0.2) is 0 Å². The quantitative estimate of drug-likeness (QED) is 0.588. The minimum absolute atomic E-state index is 0.104. The molecular formula is C9H20N2O2. The van der Waals surface area contributed by atoms with Crippen LogP contribution in [0.4, 0.5) is 4.79 Å². The molecule has 0 aliphatic carbocycles. The van der Waals surface area contributed by atoms with Crippen LogP contribution in [0.25, 0.3) is 0 Å². The second-order valence-corrected chi connectivity index (χ2v) is 2.88. The summed E-state index contributed by atoms with van der Waals surface area (Å²) in [6, 6.07) is -0.104. The predicted molar refractivity (Wildman–Crippen MR) is 52.8 cm³/mol. The molecule has 0 spiro atoms. The van der Waals surface area contributed by atoms with Crippen LogP contribution < -0.4 is 10.6 Å². The fourth-order valence-corrected chi connectivity index (χ4v) is 0.906. The van der Waals surface area contributed by atoms with Crippen molar-refractivity contribution in [3.05, 3.63) is 0 Å². The Bertz CT molecular complexity index is 129. The number of hydrogen-bond acceptors (Lipinski definition) is 2. The Hall–Kier alpha value is -0.770. The summed E-state index contributed by atoms with van der Waals surface area (Å²) < 4.78 is 4.79. The van der Waals surface area contributed by atoms with Gasteiger partial charge in [0.2, 0.25) is 0 Å². The van der Waals surface area contributed by atoms with E-state index >= 15 is 0 Å². The highest BCUT2D eigenvalue weighted by Crippen LogP contribution is 1.90. The summed E-state index contributed by atoms with van der Waals surface area (Å²) in [4.78, 5) is 11.0. The van der Waals surface area contributed by atoms with E-state index in [4.69, 9.17) is 4.74 Å². The van der Waals surface area contributed by atoms with Crippen LogP contribution in [-0.2, 0) is 4.74 Å². The average molecular weight is 188 g/mol. The highest BCUT2D eigenvalue weighted by atomic mass is 16.5. The van der Waals surface area contributed by atoms with Crippen molar-refractivity contribution < 1.29 is 9.53 Å². The molecule has 0 fully saturated rings. The maximum Gasteiger partial charge on any atom is 0.314 e. The molecular weight excluding hydrogens is 168 g/mol. The minimum Gasteiger partial charge on any atom is -0.383 e. The minimum atomic E-state index is -0.104. The molecule has 0 aliphatic heterocycles. The third-order valence-electron chi connectivity index (χ3n) is 1.66. The van der Waals surface area contributed by atoms with Gasteiger partial charge in [0.1, 0.15) is 0 Å². The molecule has 4 heteroatoms. The van der Waals surface area contributed by atoms with E-state index < -0.39 is 0 Å². The Morgan fingerprint density at radius 1 is 1.23 bits per heavy atom. The maximum atomic E-state index is 11.0. The SMILES string of the molecule is CCCCCNC(=O)NCCOC. The van der Waals surface area contributed by atoms with Crippen LogP contribution in [0, 0.1) is 0 Å². The molecule has 0 unspecified atom stereocenters. The van der Waals surface area contributed by atoms with Gasteiger partial charge in [-0.15, -0.1) is 0 Å².